The van der Waals surface area contributed by atoms with Crippen molar-refractivity contribution in [1.82, 2.24) is 5.32 Å². The second-order valence-electron chi connectivity index (χ2n) is 4.04. The van der Waals surface area contributed by atoms with E-state index in [2.05, 4.69) is 5.32 Å². The molecule has 0 atom stereocenters. The molecular formula is C11H11F4N. The molecule has 1 N–H and O–H groups in total. The Kier molecular flexibility index (Phi) is 2.88. The molecule has 88 valence electrons. The minimum absolute atomic E-state index is 0.413. The smallest absolute Gasteiger partial charge is 0.316 e. The van der Waals surface area contributed by atoms with Gasteiger partial charge in [0.2, 0.25) is 0 Å². The number of halogens is 4. The van der Waals surface area contributed by atoms with Gasteiger partial charge in [0.05, 0.1) is 5.56 Å². The Hall–Kier alpha value is -1.10. The molecule has 1 heterocycles. The number of nitrogens with one attached hydrogen (secondary N) is 1. The van der Waals surface area contributed by atoms with Crippen molar-refractivity contribution in [3.05, 3.63) is 35.1 Å². The minimum atomic E-state index is -4.61. The molecule has 1 aliphatic rings. The van der Waals surface area contributed by atoms with E-state index < -0.39 is 17.6 Å². The third-order valence-corrected chi connectivity index (χ3v) is 2.73. The fourth-order valence-corrected chi connectivity index (χ4v) is 1.74. The zero-order valence-corrected chi connectivity index (χ0v) is 8.44. The largest absolute Gasteiger partial charge is 0.419 e. The van der Waals surface area contributed by atoms with Gasteiger partial charge < -0.3 is 5.32 Å². The first-order chi connectivity index (χ1) is 7.47. The maximum atomic E-state index is 13.2. The van der Waals surface area contributed by atoms with E-state index in [0.29, 0.717) is 17.9 Å². The maximum absolute atomic E-state index is 13.2. The summed E-state index contributed by atoms with van der Waals surface area (Å²) >= 11 is 0. The summed E-state index contributed by atoms with van der Waals surface area (Å²) in [4.78, 5) is 0. The van der Waals surface area contributed by atoms with Gasteiger partial charge in [-0.2, -0.15) is 13.2 Å². The summed E-state index contributed by atoms with van der Waals surface area (Å²) in [5.74, 6) is -0.770. The first kappa shape index (κ1) is 11.4. The first-order valence-corrected chi connectivity index (χ1v) is 5.03. The molecule has 0 amide bonds. The molecule has 1 nitrogen and oxygen atoms in total. The molecule has 0 saturated carbocycles. The second kappa shape index (κ2) is 4.05. The molecule has 0 radical (unpaired) electrons. The molecule has 2 rings (SSSR count). The van der Waals surface area contributed by atoms with E-state index in [9.17, 15) is 17.6 Å². The van der Waals surface area contributed by atoms with Crippen molar-refractivity contribution in [3.63, 3.8) is 0 Å². The standard InChI is InChI=1S/C11H11F4N/c12-10-4-7(3-8-5-16-6-8)1-2-9(10)11(13,14)15/h1-2,4,8,16H,3,5-6H2. The van der Waals surface area contributed by atoms with Crippen molar-refractivity contribution < 1.29 is 17.6 Å². The maximum Gasteiger partial charge on any atom is 0.419 e. The summed E-state index contributed by atoms with van der Waals surface area (Å²) in [7, 11) is 0. The lowest BCUT2D eigenvalue weighted by atomic mass is 9.94. The zero-order valence-electron chi connectivity index (χ0n) is 8.44. The van der Waals surface area contributed by atoms with E-state index >= 15 is 0 Å². The van der Waals surface area contributed by atoms with Crippen LogP contribution < -0.4 is 5.32 Å². The molecule has 5 heteroatoms. The Morgan fingerprint density at radius 2 is 1.94 bits per heavy atom. The highest BCUT2D eigenvalue weighted by atomic mass is 19.4. The average Bonchev–Trinajstić information content (AvgIpc) is 2.09. The van der Waals surface area contributed by atoms with Gasteiger partial charge in [0.15, 0.2) is 0 Å². The Morgan fingerprint density at radius 1 is 1.25 bits per heavy atom. The number of rotatable bonds is 2. The van der Waals surface area contributed by atoms with Crippen LogP contribution in [0.25, 0.3) is 0 Å². The molecule has 0 aromatic heterocycles. The van der Waals surface area contributed by atoms with Crippen molar-refractivity contribution in [1.29, 1.82) is 0 Å². The third kappa shape index (κ3) is 2.35. The molecule has 1 aromatic carbocycles. The number of hydrogen-bond acceptors (Lipinski definition) is 1. The van der Waals surface area contributed by atoms with Crippen LogP contribution in [0.2, 0.25) is 0 Å². The fraction of sp³-hybridized carbons (Fsp3) is 0.455. The Labute approximate surface area is 90.5 Å². The fourth-order valence-electron chi connectivity index (χ4n) is 1.74. The van der Waals surface area contributed by atoms with Gasteiger partial charge in [-0.3, -0.25) is 0 Å². The SMILES string of the molecule is Fc1cc(CC2CNC2)ccc1C(F)(F)F. The molecule has 1 saturated heterocycles. The van der Waals surface area contributed by atoms with Crippen LogP contribution in [0.4, 0.5) is 17.6 Å². The number of benzene rings is 1. The third-order valence-electron chi connectivity index (χ3n) is 2.73. The molecule has 0 aliphatic carbocycles. The van der Waals surface area contributed by atoms with Crippen molar-refractivity contribution in [2.24, 2.45) is 5.92 Å². The highest BCUT2D eigenvalue weighted by molar-refractivity contribution is 5.27. The zero-order chi connectivity index (χ0) is 11.8. The molecule has 0 bridgehead atoms. The van der Waals surface area contributed by atoms with Gasteiger partial charge in [-0.05, 0) is 43.1 Å². The van der Waals surface area contributed by atoms with E-state index in [0.717, 1.165) is 25.2 Å². The molecular weight excluding hydrogens is 222 g/mol. The monoisotopic (exact) mass is 233 g/mol. The van der Waals surface area contributed by atoms with Gasteiger partial charge >= 0.3 is 6.18 Å². The Balaban J connectivity index is 2.15. The van der Waals surface area contributed by atoms with Crippen molar-refractivity contribution in [2.45, 2.75) is 12.6 Å². The van der Waals surface area contributed by atoms with E-state index in [1.807, 2.05) is 0 Å². The predicted molar refractivity (Wildman–Crippen MR) is 51.5 cm³/mol. The van der Waals surface area contributed by atoms with Gasteiger partial charge in [-0.1, -0.05) is 6.07 Å². The molecule has 1 fully saturated rings. The summed E-state index contributed by atoms with van der Waals surface area (Å²) in [6.45, 7) is 1.70. The van der Waals surface area contributed by atoms with Gasteiger partial charge in [-0.25, -0.2) is 4.39 Å². The predicted octanol–water partition coefficient (Wildman–Crippen LogP) is 2.61. The van der Waals surface area contributed by atoms with Crippen LogP contribution in [0, 0.1) is 11.7 Å². The lowest BCUT2D eigenvalue weighted by Crippen LogP contribution is -2.43. The van der Waals surface area contributed by atoms with Crippen molar-refractivity contribution in [2.75, 3.05) is 13.1 Å². The lowest BCUT2D eigenvalue weighted by Gasteiger charge is -2.27. The first-order valence-electron chi connectivity index (χ1n) is 5.03. The molecule has 1 aliphatic heterocycles. The lowest BCUT2D eigenvalue weighted by molar-refractivity contribution is -0.140. The summed E-state index contributed by atoms with van der Waals surface area (Å²) in [5.41, 5.74) is -0.569. The van der Waals surface area contributed by atoms with Crippen LogP contribution in [0.3, 0.4) is 0 Å². The average molecular weight is 233 g/mol. The van der Waals surface area contributed by atoms with Crippen LogP contribution in [-0.4, -0.2) is 13.1 Å². The van der Waals surface area contributed by atoms with Crippen LogP contribution in [-0.2, 0) is 12.6 Å². The highest BCUT2D eigenvalue weighted by Crippen LogP contribution is 2.31. The highest BCUT2D eigenvalue weighted by Gasteiger charge is 2.34. The van der Waals surface area contributed by atoms with E-state index in [1.54, 1.807) is 0 Å². The Morgan fingerprint density at radius 3 is 2.38 bits per heavy atom. The number of alkyl halides is 3. The van der Waals surface area contributed by atoms with Gasteiger partial charge in [0.1, 0.15) is 5.82 Å². The van der Waals surface area contributed by atoms with E-state index in [-0.39, 0.29) is 0 Å². The Bertz CT molecular complexity index is 382. The van der Waals surface area contributed by atoms with Crippen molar-refractivity contribution in [3.8, 4) is 0 Å². The normalized spacial score (nSPS) is 17.2. The number of hydrogen-bond donors (Lipinski definition) is 1. The summed E-state index contributed by atoms with van der Waals surface area (Å²) < 4.78 is 50.0. The van der Waals surface area contributed by atoms with Crippen LogP contribution >= 0.6 is 0 Å². The second-order valence-corrected chi connectivity index (χ2v) is 4.04. The van der Waals surface area contributed by atoms with Gasteiger partial charge in [0, 0.05) is 0 Å². The molecule has 16 heavy (non-hydrogen) atoms. The van der Waals surface area contributed by atoms with Crippen LogP contribution in [0.5, 0.6) is 0 Å². The quantitative estimate of drug-likeness (QED) is 0.774. The molecule has 0 unspecified atom stereocenters. The van der Waals surface area contributed by atoms with Crippen LogP contribution in [0.1, 0.15) is 11.1 Å². The molecule has 1 aromatic rings. The van der Waals surface area contributed by atoms with E-state index in [1.165, 1.54) is 6.07 Å². The van der Waals surface area contributed by atoms with Crippen molar-refractivity contribution >= 4 is 0 Å². The summed E-state index contributed by atoms with van der Waals surface area (Å²) in [6, 6.07) is 3.15. The van der Waals surface area contributed by atoms with Gasteiger partial charge in [-0.15, -0.1) is 0 Å². The van der Waals surface area contributed by atoms with Crippen LogP contribution in [0.15, 0.2) is 18.2 Å². The summed E-state index contributed by atoms with van der Waals surface area (Å²) in [5, 5.41) is 3.06. The van der Waals surface area contributed by atoms with E-state index in [4.69, 9.17) is 0 Å². The summed E-state index contributed by atoms with van der Waals surface area (Å²) in [6.07, 6.45) is -3.98. The van der Waals surface area contributed by atoms with Gasteiger partial charge in [0.25, 0.3) is 0 Å². The topological polar surface area (TPSA) is 12.0 Å². The minimum Gasteiger partial charge on any atom is -0.316 e. The molecule has 0 spiro atoms.